The number of benzene rings is 1. The highest BCUT2D eigenvalue weighted by Gasteiger charge is 2.29. The van der Waals surface area contributed by atoms with Gasteiger partial charge in [0, 0.05) is 11.8 Å². The molecule has 3 atom stereocenters. The first-order valence-corrected chi connectivity index (χ1v) is 10.8. The summed E-state index contributed by atoms with van der Waals surface area (Å²) >= 11 is 0. The summed E-state index contributed by atoms with van der Waals surface area (Å²) in [5, 5.41) is 7.14. The maximum atomic E-state index is 12.6. The number of nitrogens with one attached hydrogen (secondary N) is 3. The number of aryl methyl sites for hydroxylation is 2. The third-order valence-corrected chi connectivity index (χ3v) is 6.64. The van der Waals surface area contributed by atoms with Gasteiger partial charge in [0.25, 0.3) is 0 Å². The number of anilines is 1. The molecule has 3 aliphatic rings. The summed E-state index contributed by atoms with van der Waals surface area (Å²) in [6.45, 7) is 0. The van der Waals surface area contributed by atoms with Crippen LogP contribution in [0.2, 0.25) is 0 Å². The smallest absolute Gasteiger partial charge is 0.307 e. The van der Waals surface area contributed by atoms with E-state index in [2.05, 4.69) is 30.6 Å². The van der Waals surface area contributed by atoms with Gasteiger partial charge in [-0.15, -0.1) is 0 Å². The Hall–Kier alpha value is -1.76. The molecular formula is C17H23N5O2PS+. The van der Waals surface area contributed by atoms with Gasteiger partial charge in [-0.25, -0.2) is 18.5 Å². The van der Waals surface area contributed by atoms with Gasteiger partial charge in [0.1, 0.15) is 15.6 Å². The Balaban J connectivity index is 1.58. The molecule has 0 radical (unpaired) electrons. The molecular weight excluding hydrogens is 369 g/mol. The second-order valence-electron chi connectivity index (χ2n) is 7.20. The van der Waals surface area contributed by atoms with Gasteiger partial charge in [0.15, 0.2) is 9.92 Å². The topological polar surface area (TPSA) is 94.4 Å². The van der Waals surface area contributed by atoms with Crippen LogP contribution in [0.1, 0.15) is 35.1 Å². The number of hydrogen-bond donors (Lipinski definition) is 3. The predicted molar refractivity (Wildman–Crippen MR) is 106 cm³/mol. The average Bonchev–Trinajstić information content (AvgIpc) is 3.25. The van der Waals surface area contributed by atoms with E-state index in [0.717, 1.165) is 44.2 Å². The van der Waals surface area contributed by atoms with Gasteiger partial charge in [-0.1, -0.05) is 11.2 Å². The zero-order valence-electron chi connectivity index (χ0n) is 14.7. The second-order valence-corrected chi connectivity index (χ2v) is 9.98. The first kappa shape index (κ1) is 17.6. The number of amides is 2. The van der Waals surface area contributed by atoms with Gasteiger partial charge >= 0.3 is 6.03 Å². The van der Waals surface area contributed by atoms with Crippen molar-refractivity contribution in [1.82, 2.24) is 4.72 Å². The molecule has 0 bridgehead atoms. The molecule has 4 rings (SSSR count). The molecule has 3 N–H and O–H groups in total. The highest BCUT2D eigenvalue weighted by molar-refractivity contribution is 8.06. The van der Waals surface area contributed by atoms with Crippen LogP contribution in [0, 0.1) is 4.78 Å². The van der Waals surface area contributed by atoms with Crippen molar-refractivity contribution in [3.05, 3.63) is 40.6 Å². The summed E-state index contributed by atoms with van der Waals surface area (Å²) in [4.78, 5) is 12.5. The van der Waals surface area contributed by atoms with E-state index in [1.54, 1.807) is 13.2 Å². The van der Waals surface area contributed by atoms with E-state index in [-0.39, 0.29) is 9.41 Å². The van der Waals surface area contributed by atoms with Gasteiger partial charge in [0.05, 0.1) is 7.05 Å². The number of quaternary nitrogens is 1. The molecule has 1 aromatic rings. The van der Waals surface area contributed by atoms with E-state index >= 15 is 0 Å². The maximum absolute atomic E-state index is 12.6. The lowest BCUT2D eigenvalue weighted by atomic mass is 9.99. The molecule has 1 aromatic carbocycles. The lowest BCUT2D eigenvalue weighted by molar-refractivity contribution is -0.724. The number of rotatable bonds is 1. The molecule has 1 aliphatic heterocycles. The minimum absolute atomic E-state index is 0.0636. The fourth-order valence-electron chi connectivity index (χ4n) is 3.94. The summed E-state index contributed by atoms with van der Waals surface area (Å²) in [6.07, 6.45) is 9.37. The first-order chi connectivity index (χ1) is 12.3. The van der Waals surface area contributed by atoms with Gasteiger partial charge in [-0.2, -0.15) is 4.36 Å². The molecule has 0 saturated heterocycles. The van der Waals surface area contributed by atoms with E-state index in [4.69, 9.17) is 4.78 Å². The third-order valence-electron chi connectivity index (χ3n) is 5.08. The minimum atomic E-state index is -3.51. The van der Waals surface area contributed by atoms with Gasteiger partial charge in [-0.05, 0) is 60.8 Å². The SMILES string of the molecule is C[N+]1(P)C=CC(S(=N)(=O)NC(=O)Nc2c3c(cc4c2CCC4)CCC3)=N1. The number of hydrogen-bond acceptors (Lipinski definition) is 4. The van der Waals surface area contributed by atoms with Crippen LogP contribution in [-0.4, -0.2) is 26.7 Å². The standard InChI is InChI=1S/C17H22N5O2PS/c1-22(25)9-8-15(20-22)26(18,24)21-17(23)19-16-13-6-2-4-11(13)10-12-5-3-7-14(12)16/h8-10H,2-7,25H2,1H3,(H2-,18,19,21,23,24)/p+1. The predicted octanol–water partition coefficient (Wildman–Crippen LogP) is 2.82. The normalized spacial score (nSPS) is 25.4. The van der Waals surface area contributed by atoms with Gasteiger partial charge in [0.2, 0.25) is 5.04 Å². The fraction of sp³-hybridized carbons (Fsp3) is 0.412. The van der Waals surface area contributed by atoms with Crippen LogP contribution in [0.25, 0.3) is 0 Å². The van der Waals surface area contributed by atoms with E-state index in [1.165, 1.54) is 28.3 Å². The lowest BCUT2D eigenvalue weighted by Crippen LogP contribution is -2.37. The minimum Gasteiger partial charge on any atom is -0.307 e. The molecule has 9 heteroatoms. The van der Waals surface area contributed by atoms with Gasteiger partial charge < -0.3 is 5.32 Å². The molecule has 138 valence electrons. The van der Waals surface area contributed by atoms with Crippen LogP contribution in [-0.2, 0) is 35.6 Å². The summed E-state index contributed by atoms with van der Waals surface area (Å²) in [7, 11) is 0.720. The summed E-state index contributed by atoms with van der Waals surface area (Å²) in [6, 6.07) is 1.68. The van der Waals surface area contributed by atoms with Crippen molar-refractivity contribution in [3.8, 4) is 0 Å². The van der Waals surface area contributed by atoms with Crippen molar-refractivity contribution in [2.24, 2.45) is 5.10 Å². The Morgan fingerprint density at radius 1 is 1.23 bits per heavy atom. The van der Waals surface area contributed by atoms with Crippen molar-refractivity contribution >= 4 is 36.1 Å². The Kier molecular flexibility index (Phi) is 4.17. The number of carbonyl (C=O) groups excluding carboxylic acids is 1. The second kappa shape index (κ2) is 6.15. The van der Waals surface area contributed by atoms with Crippen molar-refractivity contribution < 1.29 is 13.4 Å². The van der Waals surface area contributed by atoms with Crippen LogP contribution in [0.4, 0.5) is 10.5 Å². The fourth-order valence-corrected chi connectivity index (χ4v) is 5.19. The molecule has 2 aliphatic carbocycles. The van der Waals surface area contributed by atoms with Crippen molar-refractivity contribution in [1.29, 1.82) is 4.78 Å². The van der Waals surface area contributed by atoms with Crippen LogP contribution in [0.5, 0.6) is 0 Å². The Labute approximate surface area is 155 Å². The van der Waals surface area contributed by atoms with E-state index in [1.807, 2.05) is 0 Å². The Morgan fingerprint density at radius 2 is 1.85 bits per heavy atom. The van der Waals surface area contributed by atoms with Crippen LogP contribution < -0.4 is 10.0 Å². The molecule has 3 unspecified atom stereocenters. The van der Waals surface area contributed by atoms with Crippen molar-refractivity contribution in [2.45, 2.75) is 38.5 Å². The largest absolute Gasteiger partial charge is 0.332 e. The van der Waals surface area contributed by atoms with Crippen LogP contribution in [0.15, 0.2) is 23.4 Å². The molecule has 0 fully saturated rings. The van der Waals surface area contributed by atoms with Crippen LogP contribution >= 0.6 is 9.39 Å². The molecule has 1 heterocycles. The number of nitrogens with zero attached hydrogens (tertiary/aromatic N) is 2. The van der Waals surface area contributed by atoms with Gasteiger partial charge in [-0.3, -0.25) is 0 Å². The first-order valence-electron chi connectivity index (χ1n) is 8.73. The zero-order valence-corrected chi connectivity index (χ0v) is 16.6. The number of urea groups is 1. The van der Waals surface area contributed by atoms with Crippen LogP contribution in [0.3, 0.4) is 0 Å². The molecule has 7 nitrogen and oxygen atoms in total. The lowest BCUT2D eigenvalue weighted by Gasteiger charge is -2.17. The number of carbonyl (C=O) groups is 1. The molecule has 26 heavy (non-hydrogen) atoms. The summed E-state index contributed by atoms with van der Waals surface area (Å²) in [5.74, 6) is 0. The monoisotopic (exact) mass is 392 g/mol. The average molecular weight is 392 g/mol. The Morgan fingerprint density at radius 3 is 2.38 bits per heavy atom. The Bertz CT molecular complexity index is 934. The molecule has 0 saturated carbocycles. The highest BCUT2D eigenvalue weighted by Crippen LogP contribution is 2.38. The maximum Gasteiger partial charge on any atom is 0.332 e. The summed E-state index contributed by atoms with van der Waals surface area (Å²) in [5.41, 5.74) is 5.89. The van der Waals surface area contributed by atoms with E-state index in [9.17, 15) is 9.00 Å². The van der Waals surface area contributed by atoms with E-state index in [0.29, 0.717) is 0 Å². The third kappa shape index (κ3) is 3.17. The quantitative estimate of drug-likeness (QED) is 0.641. The highest BCUT2D eigenvalue weighted by atomic mass is 32.2. The van der Waals surface area contributed by atoms with Crippen molar-refractivity contribution in [3.63, 3.8) is 0 Å². The molecule has 0 spiro atoms. The summed E-state index contributed by atoms with van der Waals surface area (Å²) < 4.78 is 23.1. The van der Waals surface area contributed by atoms with E-state index < -0.39 is 15.9 Å². The molecule has 0 aromatic heterocycles. The zero-order chi connectivity index (χ0) is 18.5. The van der Waals surface area contributed by atoms with Crippen molar-refractivity contribution in [2.75, 3.05) is 12.4 Å². The molecule has 2 amide bonds. The number of fused-ring (bicyclic) bond motifs is 2.